The van der Waals surface area contributed by atoms with Crippen molar-refractivity contribution in [2.45, 2.75) is 31.6 Å². The minimum absolute atomic E-state index is 0.236. The van der Waals surface area contributed by atoms with Gasteiger partial charge in [0, 0.05) is 26.3 Å². The molecule has 0 aliphatic carbocycles. The number of pyridine rings is 1. The lowest BCUT2D eigenvalue weighted by Gasteiger charge is -2.17. The number of sulfonamides is 1. The van der Waals surface area contributed by atoms with E-state index in [-0.39, 0.29) is 4.90 Å². The second kappa shape index (κ2) is 6.70. The summed E-state index contributed by atoms with van der Waals surface area (Å²) in [7, 11) is -1.82. The molecule has 0 saturated heterocycles. The van der Waals surface area contributed by atoms with Gasteiger partial charge in [0.25, 0.3) is 0 Å². The number of nitrogens with one attached hydrogen (secondary N) is 1. The third-order valence-corrected chi connectivity index (χ3v) is 4.45. The molecule has 1 aromatic heterocycles. The van der Waals surface area contributed by atoms with Gasteiger partial charge in [0.1, 0.15) is 4.90 Å². The van der Waals surface area contributed by atoms with Gasteiger partial charge >= 0.3 is 0 Å². The molecular formula is C12H21N3O2S. The van der Waals surface area contributed by atoms with Crippen molar-refractivity contribution in [2.24, 2.45) is 0 Å². The average molecular weight is 271 g/mol. The van der Waals surface area contributed by atoms with Gasteiger partial charge in [0.05, 0.1) is 11.9 Å². The highest BCUT2D eigenvalue weighted by atomic mass is 32.2. The molecule has 1 rings (SSSR count). The molecule has 0 bridgehead atoms. The number of unbranched alkanes of at least 4 members (excludes halogenated alkanes) is 1. The van der Waals surface area contributed by atoms with Crippen molar-refractivity contribution < 1.29 is 8.42 Å². The Labute approximate surface area is 109 Å². The zero-order chi connectivity index (χ0) is 13.6. The second-order valence-electron chi connectivity index (χ2n) is 4.12. The summed E-state index contributed by atoms with van der Waals surface area (Å²) in [5.74, 6) is 0. The first-order chi connectivity index (χ1) is 8.52. The van der Waals surface area contributed by atoms with Crippen molar-refractivity contribution in [3.63, 3.8) is 0 Å². The van der Waals surface area contributed by atoms with Crippen molar-refractivity contribution in [3.8, 4) is 0 Å². The molecule has 0 spiro atoms. The molecule has 0 aromatic carbocycles. The summed E-state index contributed by atoms with van der Waals surface area (Å²) < 4.78 is 25.9. The highest BCUT2D eigenvalue weighted by Gasteiger charge is 2.20. The number of hydrogen-bond acceptors (Lipinski definition) is 4. The smallest absolute Gasteiger partial charge is 0.244 e. The minimum atomic E-state index is -3.42. The van der Waals surface area contributed by atoms with Gasteiger partial charge in [-0.2, -0.15) is 0 Å². The molecule has 5 nitrogen and oxygen atoms in total. The summed E-state index contributed by atoms with van der Waals surface area (Å²) in [5.41, 5.74) is 0.725. The van der Waals surface area contributed by atoms with E-state index in [1.165, 1.54) is 10.5 Å². The highest BCUT2D eigenvalue weighted by Crippen LogP contribution is 2.17. The van der Waals surface area contributed by atoms with E-state index in [1.807, 2.05) is 13.8 Å². The van der Waals surface area contributed by atoms with Crippen LogP contribution < -0.4 is 5.32 Å². The maximum atomic E-state index is 12.3. The fourth-order valence-corrected chi connectivity index (χ4v) is 2.74. The van der Waals surface area contributed by atoms with E-state index in [0.717, 1.165) is 25.1 Å². The topological polar surface area (TPSA) is 62.3 Å². The van der Waals surface area contributed by atoms with Gasteiger partial charge in [-0.15, -0.1) is 0 Å². The fourth-order valence-electron chi connectivity index (χ4n) is 1.54. The van der Waals surface area contributed by atoms with Gasteiger partial charge < -0.3 is 5.32 Å². The molecule has 0 unspecified atom stereocenters. The molecule has 0 aliphatic rings. The van der Waals surface area contributed by atoms with Crippen LogP contribution in [0.4, 0.5) is 5.69 Å². The lowest BCUT2D eigenvalue weighted by Crippen LogP contribution is -2.28. The predicted molar refractivity (Wildman–Crippen MR) is 73.1 cm³/mol. The van der Waals surface area contributed by atoms with Crippen molar-refractivity contribution in [2.75, 3.05) is 25.5 Å². The van der Waals surface area contributed by atoms with Crippen LogP contribution in [0, 0.1) is 0 Å². The van der Waals surface area contributed by atoms with E-state index in [0.29, 0.717) is 6.54 Å². The largest absolute Gasteiger partial charge is 0.384 e. The van der Waals surface area contributed by atoms with Crippen LogP contribution in [0.3, 0.4) is 0 Å². The van der Waals surface area contributed by atoms with Crippen molar-refractivity contribution in [1.82, 2.24) is 9.29 Å². The lowest BCUT2D eigenvalue weighted by atomic mass is 10.3. The van der Waals surface area contributed by atoms with E-state index < -0.39 is 10.0 Å². The zero-order valence-electron chi connectivity index (χ0n) is 11.2. The standard InChI is InChI=1S/C12H21N3O2S/c1-4-6-7-15(3)18(16,17)12-8-11(14-5-2)9-13-10-12/h8-10,14H,4-7H2,1-3H3. The van der Waals surface area contributed by atoms with Crippen LogP contribution >= 0.6 is 0 Å². The summed E-state index contributed by atoms with van der Waals surface area (Å²) in [5, 5.41) is 3.06. The number of aromatic nitrogens is 1. The lowest BCUT2D eigenvalue weighted by molar-refractivity contribution is 0.459. The van der Waals surface area contributed by atoms with E-state index >= 15 is 0 Å². The maximum Gasteiger partial charge on any atom is 0.244 e. The average Bonchev–Trinajstić information content (AvgIpc) is 2.36. The van der Waals surface area contributed by atoms with Crippen molar-refractivity contribution >= 4 is 15.7 Å². The van der Waals surface area contributed by atoms with Crippen LogP contribution in [-0.2, 0) is 10.0 Å². The summed E-state index contributed by atoms with van der Waals surface area (Å²) in [6.45, 7) is 5.25. The van der Waals surface area contributed by atoms with Crippen LogP contribution in [0.15, 0.2) is 23.4 Å². The van der Waals surface area contributed by atoms with Crippen molar-refractivity contribution in [1.29, 1.82) is 0 Å². The van der Waals surface area contributed by atoms with Gasteiger partial charge in [0.15, 0.2) is 0 Å². The first-order valence-electron chi connectivity index (χ1n) is 6.17. The number of nitrogens with zero attached hydrogens (tertiary/aromatic N) is 2. The van der Waals surface area contributed by atoms with Crippen LogP contribution in [0.5, 0.6) is 0 Å². The Bertz CT molecular complexity index is 474. The first-order valence-corrected chi connectivity index (χ1v) is 7.61. The van der Waals surface area contributed by atoms with Crippen LogP contribution in [-0.4, -0.2) is 37.8 Å². The number of anilines is 1. The molecule has 0 radical (unpaired) electrons. The van der Waals surface area contributed by atoms with Gasteiger partial charge in [-0.05, 0) is 19.4 Å². The summed E-state index contributed by atoms with van der Waals surface area (Å²) in [6.07, 6.45) is 4.83. The Morgan fingerprint density at radius 1 is 1.33 bits per heavy atom. The normalized spacial score (nSPS) is 11.8. The van der Waals surface area contributed by atoms with E-state index in [9.17, 15) is 8.42 Å². The molecule has 1 N–H and O–H groups in total. The summed E-state index contributed by atoms with van der Waals surface area (Å²) in [4.78, 5) is 4.20. The highest BCUT2D eigenvalue weighted by molar-refractivity contribution is 7.89. The summed E-state index contributed by atoms with van der Waals surface area (Å²) in [6, 6.07) is 1.62. The Morgan fingerprint density at radius 2 is 2.06 bits per heavy atom. The molecule has 0 saturated carbocycles. The van der Waals surface area contributed by atoms with Crippen molar-refractivity contribution in [3.05, 3.63) is 18.5 Å². The second-order valence-corrected chi connectivity index (χ2v) is 6.16. The SMILES string of the molecule is CCCCN(C)S(=O)(=O)c1cncc(NCC)c1. The molecule has 18 heavy (non-hydrogen) atoms. The summed E-state index contributed by atoms with van der Waals surface area (Å²) >= 11 is 0. The molecule has 0 amide bonds. The van der Waals surface area contributed by atoms with Crippen LogP contribution in [0.25, 0.3) is 0 Å². The molecule has 1 heterocycles. The monoisotopic (exact) mass is 271 g/mol. The third-order valence-electron chi connectivity index (χ3n) is 2.63. The third kappa shape index (κ3) is 3.68. The predicted octanol–water partition coefficient (Wildman–Crippen LogP) is 1.93. The fraction of sp³-hybridized carbons (Fsp3) is 0.583. The molecule has 0 atom stereocenters. The van der Waals surface area contributed by atoms with E-state index in [2.05, 4.69) is 10.3 Å². The zero-order valence-corrected chi connectivity index (χ0v) is 12.0. The van der Waals surface area contributed by atoms with Gasteiger partial charge in [0.2, 0.25) is 10.0 Å². The Balaban J connectivity index is 2.93. The Kier molecular flexibility index (Phi) is 5.55. The maximum absolute atomic E-state index is 12.3. The molecular weight excluding hydrogens is 250 g/mol. The molecule has 1 aromatic rings. The van der Waals surface area contributed by atoms with E-state index in [1.54, 1.807) is 19.3 Å². The van der Waals surface area contributed by atoms with Crippen LogP contribution in [0.2, 0.25) is 0 Å². The first kappa shape index (κ1) is 14.9. The quantitative estimate of drug-likeness (QED) is 0.823. The molecule has 102 valence electrons. The van der Waals surface area contributed by atoms with Crippen LogP contribution in [0.1, 0.15) is 26.7 Å². The number of hydrogen-bond donors (Lipinski definition) is 1. The Morgan fingerprint density at radius 3 is 2.67 bits per heavy atom. The van der Waals surface area contributed by atoms with Gasteiger partial charge in [-0.1, -0.05) is 13.3 Å². The molecule has 0 fully saturated rings. The molecule has 6 heteroatoms. The minimum Gasteiger partial charge on any atom is -0.384 e. The van der Waals surface area contributed by atoms with Gasteiger partial charge in [-0.3, -0.25) is 4.98 Å². The van der Waals surface area contributed by atoms with E-state index in [4.69, 9.17) is 0 Å². The molecule has 0 aliphatic heterocycles. The number of rotatable bonds is 7. The van der Waals surface area contributed by atoms with Gasteiger partial charge in [-0.25, -0.2) is 12.7 Å². The Hall–Kier alpha value is -1.14.